The van der Waals surface area contributed by atoms with Crippen LogP contribution >= 0.6 is 11.6 Å². The number of Topliss-reactive ketones (excluding diaryl/α,β-unsaturated/α-hetero) is 1. The number of rotatable bonds is 3. The Morgan fingerprint density at radius 3 is 1.47 bits per heavy atom. The lowest BCUT2D eigenvalue weighted by Crippen LogP contribution is -2.40. The van der Waals surface area contributed by atoms with Crippen molar-refractivity contribution in [1.29, 1.82) is 0 Å². The predicted octanol–water partition coefficient (Wildman–Crippen LogP) is 5.67. The molecule has 0 aromatic heterocycles. The van der Waals surface area contributed by atoms with Gasteiger partial charge in [-0.05, 0) is 60.4 Å². The number of halogens is 1. The zero-order valence-corrected chi connectivity index (χ0v) is 19.5. The van der Waals surface area contributed by atoms with E-state index in [1.54, 1.807) is 24.3 Å². The van der Waals surface area contributed by atoms with E-state index in [4.69, 9.17) is 11.6 Å². The normalized spacial score (nSPS) is 29.9. The lowest BCUT2D eigenvalue weighted by molar-refractivity contribution is -0.133. The Balaban J connectivity index is 1.62. The first-order chi connectivity index (χ1) is 16.3. The quantitative estimate of drug-likeness (QED) is 0.466. The monoisotopic (exact) mass is 467 g/mol. The molecule has 1 heterocycles. The number of carbonyl (C=O) groups is 3. The number of benzene rings is 3. The van der Waals surface area contributed by atoms with Gasteiger partial charge in [0.05, 0.1) is 28.4 Å². The topological polar surface area (TPSA) is 54.5 Å². The van der Waals surface area contributed by atoms with E-state index in [2.05, 4.69) is 0 Å². The van der Waals surface area contributed by atoms with E-state index >= 15 is 0 Å². The Hall–Kier alpha value is -3.50. The van der Waals surface area contributed by atoms with Crippen LogP contribution in [-0.4, -0.2) is 17.6 Å². The van der Waals surface area contributed by atoms with Gasteiger partial charge < -0.3 is 0 Å². The van der Waals surface area contributed by atoms with Gasteiger partial charge in [-0.2, -0.15) is 0 Å². The van der Waals surface area contributed by atoms with Crippen molar-refractivity contribution in [2.24, 2.45) is 22.7 Å². The van der Waals surface area contributed by atoms with Gasteiger partial charge >= 0.3 is 0 Å². The van der Waals surface area contributed by atoms with Crippen molar-refractivity contribution in [3.63, 3.8) is 0 Å². The van der Waals surface area contributed by atoms with Gasteiger partial charge in [-0.15, -0.1) is 0 Å². The van der Waals surface area contributed by atoms with E-state index < -0.39 is 22.7 Å². The molecule has 5 heteroatoms. The van der Waals surface area contributed by atoms with E-state index in [1.807, 2.05) is 74.5 Å². The molecular formula is C29H22ClNO3. The molecule has 34 heavy (non-hydrogen) atoms. The summed E-state index contributed by atoms with van der Waals surface area (Å²) in [4.78, 5) is 43.2. The fourth-order valence-electron chi connectivity index (χ4n) is 6.65. The van der Waals surface area contributed by atoms with E-state index in [0.29, 0.717) is 10.7 Å². The number of amides is 2. The van der Waals surface area contributed by atoms with Crippen molar-refractivity contribution < 1.29 is 14.4 Å². The summed E-state index contributed by atoms with van der Waals surface area (Å²) in [5.41, 5.74) is 1.78. The van der Waals surface area contributed by atoms with Crippen molar-refractivity contribution >= 4 is 46.0 Å². The Morgan fingerprint density at radius 2 is 1.06 bits per heavy atom. The second-order valence-corrected chi connectivity index (χ2v) is 10.1. The second kappa shape index (κ2) is 7.00. The third-order valence-corrected chi connectivity index (χ3v) is 8.24. The summed E-state index contributed by atoms with van der Waals surface area (Å²) < 4.78 is 0. The highest BCUT2D eigenvalue weighted by molar-refractivity contribution is 6.34. The number of anilines is 1. The van der Waals surface area contributed by atoms with Gasteiger partial charge in [-0.25, -0.2) is 4.90 Å². The molecule has 4 atom stereocenters. The van der Waals surface area contributed by atoms with Gasteiger partial charge in [-0.1, -0.05) is 72.3 Å². The molecule has 2 amide bonds. The molecule has 4 nitrogen and oxygen atoms in total. The molecule has 3 aliphatic rings. The molecule has 2 fully saturated rings. The smallest absolute Gasteiger partial charge is 0.239 e. The molecule has 0 unspecified atom stereocenters. The maximum Gasteiger partial charge on any atom is 0.239 e. The van der Waals surface area contributed by atoms with Crippen LogP contribution in [0.5, 0.6) is 0 Å². The third-order valence-electron chi connectivity index (χ3n) is 7.99. The Morgan fingerprint density at radius 1 is 0.647 bits per heavy atom. The number of imide groups is 1. The lowest BCUT2D eigenvalue weighted by atomic mass is 9.63. The standard InChI is InChI=1S/C29H22ClNO3/c1-28-21(17-9-5-3-6-10-17)22(18-11-7-4-8-12-18)29(2,27(28)34)24-23(28)25(32)31(26(24)33)20-15-13-19(30)14-16-20/h3-16,23-24H,1-2H3/t23-,24-,28-,29+/m1/s1. The summed E-state index contributed by atoms with van der Waals surface area (Å²) in [6, 6.07) is 26.2. The lowest BCUT2D eigenvalue weighted by Gasteiger charge is -2.35. The van der Waals surface area contributed by atoms with E-state index in [0.717, 1.165) is 22.3 Å². The number of carbonyl (C=O) groups excluding carboxylic acids is 3. The first-order valence-electron chi connectivity index (χ1n) is 11.4. The molecule has 3 aromatic carbocycles. The molecule has 1 aliphatic heterocycles. The average molecular weight is 468 g/mol. The van der Waals surface area contributed by atoms with E-state index in [-0.39, 0.29) is 17.6 Å². The summed E-state index contributed by atoms with van der Waals surface area (Å²) in [6.45, 7) is 3.71. The van der Waals surface area contributed by atoms with Crippen molar-refractivity contribution in [2.75, 3.05) is 4.90 Å². The molecular weight excluding hydrogens is 446 g/mol. The van der Waals surface area contributed by atoms with Crippen LogP contribution in [0.4, 0.5) is 5.69 Å². The highest BCUT2D eigenvalue weighted by atomic mass is 35.5. The Labute approximate surface area is 202 Å². The fourth-order valence-corrected chi connectivity index (χ4v) is 6.78. The van der Waals surface area contributed by atoms with Crippen LogP contribution in [0.3, 0.4) is 0 Å². The van der Waals surface area contributed by atoms with Crippen LogP contribution in [0.15, 0.2) is 84.9 Å². The average Bonchev–Trinajstić information content (AvgIpc) is 3.30. The van der Waals surface area contributed by atoms with Crippen molar-refractivity contribution in [3.05, 3.63) is 101 Å². The molecule has 168 valence electrons. The van der Waals surface area contributed by atoms with E-state index in [9.17, 15) is 14.4 Å². The molecule has 6 rings (SSSR count). The number of ketones is 1. The Kier molecular flexibility index (Phi) is 4.34. The number of hydrogen-bond acceptors (Lipinski definition) is 3. The fraction of sp³-hybridized carbons (Fsp3) is 0.207. The van der Waals surface area contributed by atoms with Gasteiger partial charge in [0.25, 0.3) is 0 Å². The number of nitrogens with zero attached hydrogens (tertiary/aromatic N) is 1. The second-order valence-electron chi connectivity index (χ2n) is 9.66. The molecule has 1 saturated carbocycles. The molecule has 1 saturated heterocycles. The highest BCUT2D eigenvalue weighted by Crippen LogP contribution is 2.73. The summed E-state index contributed by atoms with van der Waals surface area (Å²) >= 11 is 6.04. The molecule has 0 spiro atoms. The third kappa shape index (κ3) is 2.41. The zero-order valence-electron chi connectivity index (χ0n) is 18.8. The largest absolute Gasteiger partial charge is 0.298 e. The predicted molar refractivity (Wildman–Crippen MR) is 132 cm³/mol. The van der Waals surface area contributed by atoms with Crippen molar-refractivity contribution in [2.45, 2.75) is 13.8 Å². The minimum atomic E-state index is -1.11. The van der Waals surface area contributed by atoms with Crippen LogP contribution in [0.25, 0.3) is 11.1 Å². The summed E-state index contributed by atoms with van der Waals surface area (Å²) in [5.74, 6) is -2.20. The molecule has 2 aliphatic carbocycles. The van der Waals surface area contributed by atoms with Gasteiger partial charge in [0.15, 0.2) is 5.78 Å². The van der Waals surface area contributed by atoms with E-state index in [1.165, 1.54) is 4.90 Å². The molecule has 2 bridgehead atoms. The summed E-state index contributed by atoms with van der Waals surface area (Å²) in [5, 5.41) is 0.525. The van der Waals surface area contributed by atoms with Crippen molar-refractivity contribution in [3.8, 4) is 0 Å². The van der Waals surface area contributed by atoms with Gasteiger partial charge in [0, 0.05) is 5.02 Å². The van der Waals surface area contributed by atoms with Crippen LogP contribution in [-0.2, 0) is 14.4 Å². The molecule has 0 N–H and O–H groups in total. The maximum atomic E-state index is 14.2. The number of fused-ring (bicyclic) bond motifs is 5. The minimum Gasteiger partial charge on any atom is -0.298 e. The van der Waals surface area contributed by atoms with Crippen molar-refractivity contribution in [1.82, 2.24) is 0 Å². The van der Waals surface area contributed by atoms with Crippen LogP contribution in [0, 0.1) is 22.7 Å². The van der Waals surface area contributed by atoms with Gasteiger partial charge in [0.1, 0.15) is 0 Å². The SMILES string of the molecule is C[C@]12C(=O)[C@](C)(C(c3ccccc3)=C1c1ccccc1)[C@H]1C(=O)N(c3ccc(Cl)cc3)C(=O)[C@@H]12. The number of allylic oxidation sites excluding steroid dienone is 2. The van der Waals surface area contributed by atoms with Gasteiger partial charge in [-0.3, -0.25) is 14.4 Å². The Bertz CT molecular complexity index is 1310. The first kappa shape index (κ1) is 21.1. The molecule has 0 radical (unpaired) electrons. The molecule has 3 aromatic rings. The first-order valence-corrected chi connectivity index (χ1v) is 11.7. The zero-order chi connectivity index (χ0) is 23.8. The number of hydrogen-bond donors (Lipinski definition) is 0. The van der Waals surface area contributed by atoms with Crippen LogP contribution in [0.2, 0.25) is 5.02 Å². The summed E-state index contributed by atoms with van der Waals surface area (Å²) in [6.07, 6.45) is 0. The minimum absolute atomic E-state index is 0.0508. The van der Waals surface area contributed by atoms with Crippen LogP contribution < -0.4 is 4.90 Å². The van der Waals surface area contributed by atoms with Crippen LogP contribution in [0.1, 0.15) is 25.0 Å². The van der Waals surface area contributed by atoms with Gasteiger partial charge in [0.2, 0.25) is 11.8 Å². The highest BCUT2D eigenvalue weighted by Gasteiger charge is 2.78. The summed E-state index contributed by atoms with van der Waals surface area (Å²) in [7, 11) is 0. The maximum absolute atomic E-state index is 14.2.